The summed E-state index contributed by atoms with van der Waals surface area (Å²) in [5.41, 5.74) is 1.39. The number of carbonyl (C=O) groups is 1. The highest BCUT2D eigenvalue weighted by molar-refractivity contribution is 5.66. The van der Waals surface area contributed by atoms with Crippen molar-refractivity contribution < 1.29 is 19.6 Å². The second kappa shape index (κ2) is 7.47. The molecule has 0 aliphatic heterocycles. The van der Waals surface area contributed by atoms with Crippen LogP contribution in [0.2, 0.25) is 0 Å². The van der Waals surface area contributed by atoms with E-state index in [1.807, 2.05) is 0 Å². The van der Waals surface area contributed by atoms with Crippen molar-refractivity contribution in [2.75, 3.05) is 6.61 Å². The maximum Gasteiger partial charge on any atom is 0.303 e. The largest absolute Gasteiger partial charge is 0.493 e. The summed E-state index contributed by atoms with van der Waals surface area (Å²) in [5.74, 6) is -0.140. The van der Waals surface area contributed by atoms with Crippen molar-refractivity contribution in [2.24, 2.45) is 0 Å². The first-order valence-electron chi connectivity index (χ1n) is 6.52. The SMILES string of the molecule is Cc1cc([N+](=O)[O-])c(C)cc1OCCCCCC(=O)O. The molecule has 1 N–H and O–H groups in total. The molecule has 1 rings (SSSR count). The molecule has 0 heterocycles. The number of ether oxygens (including phenoxy) is 1. The summed E-state index contributed by atoms with van der Waals surface area (Å²) in [6.07, 6.45) is 2.37. The fourth-order valence-electron chi connectivity index (χ4n) is 1.86. The lowest BCUT2D eigenvalue weighted by atomic mass is 10.1. The van der Waals surface area contributed by atoms with Crippen molar-refractivity contribution in [2.45, 2.75) is 39.5 Å². The highest BCUT2D eigenvalue weighted by Crippen LogP contribution is 2.27. The van der Waals surface area contributed by atoms with Crippen LogP contribution in [0.25, 0.3) is 0 Å². The summed E-state index contributed by atoms with van der Waals surface area (Å²) in [4.78, 5) is 20.7. The highest BCUT2D eigenvalue weighted by atomic mass is 16.6. The minimum atomic E-state index is -0.784. The third-order valence-corrected chi connectivity index (χ3v) is 2.98. The van der Waals surface area contributed by atoms with Gasteiger partial charge in [0.15, 0.2) is 0 Å². The van der Waals surface area contributed by atoms with Gasteiger partial charge in [-0.3, -0.25) is 14.9 Å². The van der Waals surface area contributed by atoms with Gasteiger partial charge in [-0.2, -0.15) is 0 Å². The number of hydrogen-bond acceptors (Lipinski definition) is 4. The molecule has 0 fully saturated rings. The Morgan fingerprint density at radius 3 is 2.55 bits per heavy atom. The van der Waals surface area contributed by atoms with Gasteiger partial charge in [0.05, 0.1) is 11.5 Å². The summed E-state index contributed by atoms with van der Waals surface area (Å²) in [5, 5.41) is 19.3. The molecule has 0 aliphatic carbocycles. The molecule has 0 saturated heterocycles. The zero-order valence-corrected chi connectivity index (χ0v) is 11.7. The van der Waals surface area contributed by atoms with E-state index in [9.17, 15) is 14.9 Å². The molecule has 6 nitrogen and oxygen atoms in total. The van der Waals surface area contributed by atoms with Crippen LogP contribution in [0.4, 0.5) is 5.69 Å². The first-order chi connectivity index (χ1) is 9.41. The first-order valence-corrected chi connectivity index (χ1v) is 6.52. The Balaban J connectivity index is 2.47. The molecule has 0 bridgehead atoms. The predicted molar refractivity (Wildman–Crippen MR) is 74.2 cm³/mol. The van der Waals surface area contributed by atoms with Crippen LogP contribution < -0.4 is 4.74 Å². The Kier molecular flexibility index (Phi) is 5.96. The normalized spacial score (nSPS) is 10.3. The molecule has 1 aromatic rings. The molecular formula is C14H19NO5. The summed E-state index contributed by atoms with van der Waals surface area (Å²) < 4.78 is 5.59. The molecule has 0 aromatic heterocycles. The van der Waals surface area contributed by atoms with Gasteiger partial charge in [0.2, 0.25) is 0 Å². The Bertz CT molecular complexity index is 499. The summed E-state index contributed by atoms with van der Waals surface area (Å²) in [6, 6.07) is 3.18. The van der Waals surface area contributed by atoms with Crippen LogP contribution in [0.15, 0.2) is 12.1 Å². The summed E-state index contributed by atoms with van der Waals surface area (Å²) >= 11 is 0. The van der Waals surface area contributed by atoms with Gasteiger partial charge in [-0.05, 0) is 44.7 Å². The standard InChI is InChI=1S/C14H19NO5/c1-10-9-13(11(2)8-12(10)15(18)19)20-7-5-3-4-6-14(16)17/h8-9H,3-7H2,1-2H3,(H,16,17). The number of carboxylic acids is 1. The van der Waals surface area contributed by atoms with Crippen molar-refractivity contribution >= 4 is 11.7 Å². The van der Waals surface area contributed by atoms with E-state index in [0.29, 0.717) is 24.3 Å². The van der Waals surface area contributed by atoms with Crippen molar-refractivity contribution in [3.05, 3.63) is 33.4 Å². The van der Waals surface area contributed by atoms with E-state index >= 15 is 0 Å². The topological polar surface area (TPSA) is 89.7 Å². The van der Waals surface area contributed by atoms with Gasteiger partial charge in [-0.1, -0.05) is 0 Å². The smallest absolute Gasteiger partial charge is 0.303 e. The van der Waals surface area contributed by atoms with Crippen LogP contribution >= 0.6 is 0 Å². The Morgan fingerprint density at radius 1 is 1.25 bits per heavy atom. The van der Waals surface area contributed by atoms with Gasteiger partial charge in [0.25, 0.3) is 5.69 Å². The molecule has 0 saturated carbocycles. The van der Waals surface area contributed by atoms with Crippen molar-refractivity contribution in [3.63, 3.8) is 0 Å². The van der Waals surface area contributed by atoms with Gasteiger partial charge >= 0.3 is 5.97 Å². The fraction of sp³-hybridized carbons (Fsp3) is 0.500. The van der Waals surface area contributed by atoms with Gasteiger partial charge < -0.3 is 9.84 Å². The molecule has 6 heteroatoms. The zero-order valence-electron chi connectivity index (χ0n) is 11.7. The molecule has 20 heavy (non-hydrogen) atoms. The quantitative estimate of drug-likeness (QED) is 0.449. The Labute approximate surface area is 117 Å². The lowest BCUT2D eigenvalue weighted by Crippen LogP contribution is -2.01. The molecule has 0 aliphatic rings. The number of aryl methyl sites for hydroxylation is 2. The highest BCUT2D eigenvalue weighted by Gasteiger charge is 2.13. The number of aliphatic carboxylic acids is 1. The average Bonchev–Trinajstić information content (AvgIpc) is 2.36. The van der Waals surface area contributed by atoms with Crippen LogP contribution in [0.1, 0.15) is 36.8 Å². The average molecular weight is 281 g/mol. The minimum Gasteiger partial charge on any atom is -0.493 e. The lowest BCUT2D eigenvalue weighted by molar-refractivity contribution is -0.385. The molecular weight excluding hydrogens is 262 g/mol. The third kappa shape index (κ3) is 4.87. The maximum atomic E-state index is 10.8. The monoisotopic (exact) mass is 281 g/mol. The van der Waals surface area contributed by atoms with E-state index in [-0.39, 0.29) is 12.1 Å². The third-order valence-electron chi connectivity index (χ3n) is 2.98. The Hall–Kier alpha value is -2.11. The van der Waals surface area contributed by atoms with Crippen LogP contribution in [0.5, 0.6) is 5.75 Å². The molecule has 110 valence electrons. The molecule has 0 atom stereocenters. The maximum absolute atomic E-state index is 10.8. The van der Waals surface area contributed by atoms with Crippen molar-refractivity contribution in [3.8, 4) is 5.75 Å². The van der Waals surface area contributed by atoms with Crippen molar-refractivity contribution in [1.29, 1.82) is 0 Å². The van der Waals surface area contributed by atoms with Gasteiger partial charge in [-0.25, -0.2) is 0 Å². The van der Waals surface area contributed by atoms with Gasteiger partial charge in [0.1, 0.15) is 5.75 Å². The van der Waals surface area contributed by atoms with Crippen LogP contribution in [0, 0.1) is 24.0 Å². The molecule has 1 aromatic carbocycles. The number of benzene rings is 1. The lowest BCUT2D eigenvalue weighted by Gasteiger charge is -2.10. The van der Waals surface area contributed by atoms with Gasteiger partial charge in [0, 0.05) is 18.1 Å². The second-order valence-electron chi connectivity index (χ2n) is 4.71. The summed E-state index contributed by atoms with van der Waals surface area (Å²) in [7, 11) is 0. The zero-order chi connectivity index (χ0) is 15.1. The second-order valence-corrected chi connectivity index (χ2v) is 4.71. The number of nitro groups is 1. The van der Waals surface area contributed by atoms with E-state index < -0.39 is 10.9 Å². The van der Waals surface area contributed by atoms with Crippen LogP contribution in [-0.2, 0) is 4.79 Å². The number of carboxylic acid groups (broad SMARTS) is 1. The molecule has 0 unspecified atom stereocenters. The first kappa shape index (κ1) is 15.9. The Morgan fingerprint density at radius 2 is 1.95 bits per heavy atom. The number of unbranched alkanes of at least 4 members (excludes halogenated alkanes) is 2. The van der Waals surface area contributed by atoms with Crippen LogP contribution in [-0.4, -0.2) is 22.6 Å². The van der Waals surface area contributed by atoms with E-state index in [0.717, 1.165) is 18.4 Å². The van der Waals surface area contributed by atoms with E-state index in [2.05, 4.69) is 0 Å². The number of nitro benzene ring substituents is 1. The molecule has 0 radical (unpaired) electrons. The number of nitrogens with zero attached hydrogens (tertiary/aromatic N) is 1. The van der Waals surface area contributed by atoms with E-state index in [1.165, 1.54) is 6.07 Å². The summed E-state index contributed by atoms with van der Waals surface area (Å²) in [6.45, 7) is 3.93. The minimum absolute atomic E-state index is 0.0938. The molecule has 0 amide bonds. The fourth-order valence-corrected chi connectivity index (χ4v) is 1.86. The van der Waals surface area contributed by atoms with Crippen LogP contribution in [0.3, 0.4) is 0 Å². The molecule has 0 spiro atoms. The van der Waals surface area contributed by atoms with E-state index in [1.54, 1.807) is 19.9 Å². The van der Waals surface area contributed by atoms with Crippen molar-refractivity contribution in [1.82, 2.24) is 0 Å². The number of rotatable bonds is 8. The van der Waals surface area contributed by atoms with Gasteiger partial charge in [-0.15, -0.1) is 0 Å². The van der Waals surface area contributed by atoms with E-state index in [4.69, 9.17) is 9.84 Å². The predicted octanol–water partition coefficient (Wildman–Crippen LogP) is 3.24. The number of hydrogen-bond donors (Lipinski definition) is 1.